The number of pyridine rings is 2. The predicted octanol–water partition coefficient (Wildman–Crippen LogP) is 10.2. The number of hydrogen-bond acceptors (Lipinski definition) is 2. The Morgan fingerprint density at radius 1 is 0.910 bits per heavy atom. The number of aromatic nitrogens is 3. The summed E-state index contributed by atoms with van der Waals surface area (Å²) in [6, 6.07) is 22.7. The molecule has 1 aromatic carbocycles. The molecule has 0 saturated heterocycles. The third kappa shape index (κ3) is 9.60. The summed E-state index contributed by atoms with van der Waals surface area (Å²) in [6.07, 6.45) is 27.6. The molecule has 4 atom stereocenters. The molecule has 4 aromatic rings. The van der Waals surface area contributed by atoms with Gasteiger partial charge in [-0.05, 0) is 152 Å². The van der Waals surface area contributed by atoms with Crippen molar-refractivity contribution in [1.82, 2.24) is 10.3 Å². The van der Waals surface area contributed by atoms with E-state index in [0.717, 1.165) is 91.3 Å². The molecule has 0 saturated carbocycles. The Hall–Kier alpha value is -5.99. The number of nitrogens with zero attached hydrogens (tertiary/aromatic N) is 4. The first kappa shape index (κ1) is 47.5. The van der Waals surface area contributed by atoms with Crippen LogP contribution >= 0.6 is 12.2 Å². The van der Waals surface area contributed by atoms with Gasteiger partial charge in [0.2, 0.25) is 0 Å². The average Bonchev–Trinajstić information content (AvgIpc) is 4.09. The Labute approximate surface area is 405 Å². The first-order valence-electron chi connectivity index (χ1n) is 24.8. The SMILES string of the molecule is C=[N+](C)C=CC(=CC)C1C2=CC=C(C(c3cc[n+](CC)cc3)=C3CCC(C)C(=C3C)C(c3cc[n+](C)cc3)=c3ccc([nH]3)=C(c3ccc(NC(=S)NCCCC)cc3)C3=NC1CC3)C2(C)CC. The van der Waals surface area contributed by atoms with E-state index < -0.39 is 0 Å². The Morgan fingerprint density at radius 3 is 2.24 bits per heavy atom. The number of H-pyrrole nitrogens is 1. The maximum Gasteiger partial charge on any atom is 0.170 e. The van der Waals surface area contributed by atoms with E-state index in [4.69, 9.17) is 17.2 Å². The van der Waals surface area contributed by atoms with Gasteiger partial charge in [-0.1, -0.05) is 70.0 Å². The Morgan fingerprint density at radius 2 is 1.58 bits per heavy atom. The number of benzene rings is 1. The molecule has 7 nitrogen and oxygen atoms in total. The van der Waals surface area contributed by atoms with Crippen LogP contribution in [0.3, 0.4) is 0 Å². The number of thiocarbonyl (C=S) groups is 1. The van der Waals surface area contributed by atoms with E-state index in [1.54, 1.807) is 0 Å². The lowest BCUT2D eigenvalue weighted by molar-refractivity contribution is -0.693. The van der Waals surface area contributed by atoms with E-state index in [0.29, 0.717) is 11.0 Å². The minimum Gasteiger partial charge on any atom is -0.362 e. The molecule has 67 heavy (non-hydrogen) atoms. The van der Waals surface area contributed by atoms with Crippen LogP contribution in [0, 0.1) is 17.3 Å². The van der Waals surface area contributed by atoms with Crippen LogP contribution in [0.15, 0.2) is 154 Å². The van der Waals surface area contributed by atoms with E-state index in [-0.39, 0.29) is 17.4 Å². The molecule has 0 fully saturated rings. The van der Waals surface area contributed by atoms with Gasteiger partial charge in [0.1, 0.15) is 27.4 Å². The Balaban J connectivity index is 1.46. The molecule has 3 aromatic heterocycles. The fourth-order valence-corrected chi connectivity index (χ4v) is 11.2. The Bertz CT molecular complexity index is 2900. The van der Waals surface area contributed by atoms with Crippen LogP contribution in [0.2, 0.25) is 0 Å². The zero-order valence-corrected chi connectivity index (χ0v) is 42.3. The molecule has 2 aliphatic carbocycles. The van der Waals surface area contributed by atoms with Gasteiger partial charge in [-0.25, -0.2) is 13.7 Å². The molecular weight excluding hydrogens is 839 g/mol. The lowest BCUT2D eigenvalue weighted by atomic mass is 9.64. The topological polar surface area (TPSA) is 63.0 Å². The van der Waals surface area contributed by atoms with Crippen molar-refractivity contribution in [3.8, 4) is 0 Å². The summed E-state index contributed by atoms with van der Waals surface area (Å²) in [6.45, 7) is 22.3. The van der Waals surface area contributed by atoms with Crippen molar-refractivity contribution in [2.75, 3.05) is 18.9 Å². The van der Waals surface area contributed by atoms with Gasteiger partial charge < -0.3 is 15.6 Å². The van der Waals surface area contributed by atoms with Crippen LogP contribution in [-0.2, 0) is 13.6 Å². The van der Waals surface area contributed by atoms with E-state index in [1.807, 2.05) is 11.6 Å². The lowest BCUT2D eigenvalue weighted by Crippen LogP contribution is -2.32. The molecule has 4 unspecified atom stereocenters. The highest BCUT2D eigenvalue weighted by Crippen LogP contribution is 2.56. The number of allylic oxidation sites excluding steroid dienone is 9. The number of fused-ring (bicyclic) bond motifs is 6. The summed E-state index contributed by atoms with van der Waals surface area (Å²) in [7, 11) is 4.10. The van der Waals surface area contributed by atoms with E-state index in [1.165, 1.54) is 55.7 Å². The van der Waals surface area contributed by atoms with Crippen molar-refractivity contribution in [3.05, 3.63) is 177 Å². The average molecular weight is 911 g/mol. The molecule has 346 valence electrons. The van der Waals surface area contributed by atoms with Crippen molar-refractivity contribution in [1.29, 1.82) is 0 Å². The van der Waals surface area contributed by atoms with Gasteiger partial charge >= 0.3 is 0 Å². The molecule has 8 bridgehead atoms. The second-order valence-corrected chi connectivity index (χ2v) is 19.7. The molecule has 0 amide bonds. The highest BCUT2D eigenvalue weighted by Gasteiger charge is 2.45. The minimum atomic E-state index is -0.255. The van der Waals surface area contributed by atoms with Crippen LogP contribution in [0.4, 0.5) is 5.69 Å². The number of aryl methyl sites for hydroxylation is 2. The zero-order valence-electron chi connectivity index (χ0n) is 41.5. The van der Waals surface area contributed by atoms with E-state index >= 15 is 0 Å². The summed E-state index contributed by atoms with van der Waals surface area (Å²) in [4.78, 5) is 9.97. The molecular formula is C59H72N7S+3. The van der Waals surface area contributed by atoms with Crippen molar-refractivity contribution < 1.29 is 13.7 Å². The number of unbranched alkanes of at least 4 members (excludes halogenated alkanes) is 1. The fraction of sp³-hybridized carbons (Fsp3) is 0.373. The molecule has 4 aliphatic rings. The third-order valence-electron chi connectivity index (χ3n) is 14.9. The first-order chi connectivity index (χ1) is 32.4. The summed E-state index contributed by atoms with van der Waals surface area (Å²) < 4.78 is 6.29. The third-order valence-corrected chi connectivity index (χ3v) is 15.1. The highest BCUT2D eigenvalue weighted by molar-refractivity contribution is 7.80. The van der Waals surface area contributed by atoms with Crippen LogP contribution in [-0.4, -0.2) is 46.7 Å². The van der Waals surface area contributed by atoms with Gasteiger partial charge in [0.05, 0.1) is 6.04 Å². The quantitative estimate of drug-likeness (QED) is 0.0436. The number of aromatic amines is 1. The van der Waals surface area contributed by atoms with Gasteiger partial charge in [-0.2, -0.15) is 0 Å². The maximum atomic E-state index is 5.89. The monoisotopic (exact) mass is 911 g/mol. The fourth-order valence-electron chi connectivity index (χ4n) is 11.0. The van der Waals surface area contributed by atoms with Gasteiger partial charge in [0.25, 0.3) is 0 Å². The number of anilines is 1. The molecule has 3 N–H and O–H groups in total. The molecule has 0 spiro atoms. The summed E-state index contributed by atoms with van der Waals surface area (Å²) >= 11 is 5.68. The van der Waals surface area contributed by atoms with Crippen molar-refractivity contribution in [2.45, 2.75) is 106 Å². The highest BCUT2D eigenvalue weighted by atomic mass is 32.1. The molecule has 8 rings (SSSR count). The summed E-state index contributed by atoms with van der Waals surface area (Å²) in [5.74, 6) is 0.396. The molecule has 2 aliphatic heterocycles. The van der Waals surface area contributed by atoms with E-state index in [2.05, 4.69) is 203 Å². The van der Waals surface area contributed by atoms with E-state index in [9.17, 15) is 0 Å². The smallest absolute Gasteiger partial charge is 0.170 e. The maximum absolute atomic E-state index is 5.89. The van der Waals surface area contributed by atoms with Gasteiger partial charge in [0, 0.05) is 81.5 Å². The van der Waals surface area contributed by atoms with Gasteiger partial charge in [-0.15, -0.1) is 0 Å². The molecule has 5 heterocycles. The van der Waals surface area contributed by atoms with Crippen molar-refractivity contribution >= 4 is 52.2 Å². The van der Waals surface area contributed by atoms with Crippen LogP contribution < -0.4 is 30.5 Å². The van der Waals surface area contributed by atoms with Gasteiger partial charge in [-0.3, -0.25) is 4.99 Å². The van der Waals surface area contributed by atoms with Gasteiger partial charge in [0.15, 0.2) is 36.1 Å². The first-order valence-corrected chi connectivity index (χ1v) is 25.2. The normalized spacial score (nSPS) is 22.0. The van der Waals surface area contributed by atoms with Crippen LogP contribution in [0.25, 0.3) is 16.7 Å². The van der Waals surface area contributed by atoms with Crippen molar-refractivity contribution in [3.63, 3.8) is 0 Å². The van der Waals surface area contributed by atoms with Crippen molar-refractivity contribution in [2.24, 2.45) is 29.3 Å². The minimum absolute atomic E-state index is 0.0305. The standard InChI is InChI=1S/C59H70N7S/c1-11-15-33-60-58(67)61-45-19-17-42(18-20-45)56-50-25-24-49(62-50)55(41(12-2)28-34-64(8)9)48-23-22-47(59(48,7)13-3)54(43-31-37-66(14-4)38-32-43)46-21-16-39(5)53(40(46)6)57(52-27-26-51(56)63-52)44-29-35-65(10)36-30-44/h12,17-20,22-23,26-32,34-39,49,55H,8,11,13-16,21,24-25,33H2,1-7,9-10H3,(H-,60,61,63,67)/q+1/p+2. The summed E-state index contributed by atoms with van der Waals surface area (Å²) in [5.41, 5.74) is 17.6. The molecule has 8 heteroatoms. The predicted molar refractivity (Wildman–Crippen MR) is 283 cm³/mol. The summed E-state index contributed by atoms with van der Waals surface area (Å²) in [5, 5.41) is 9.62. The zero-order chi connectivity index (χ0) is 47.4. The number of nitrogens with one attached hydrogen (secondary N) is 3. The largest absolute Gasteiger partial charge is 0.362 e. The number of hydrogen-bond donors (Lipinski definition) is 3. The van der Waals surface area contributed by atoms with Crippen LogP contribution in [0.1, 0.15) is 110 Å². The second-order valence-electron chi connectivity index (χ2n) is 19.3. The lowest BCUT2D eigenvalue weighted by Gasteiger charge is -2.39. The van der Waals surface area contributed by atoms with Crippen LogP contribution in [0.5, 0.6) is 0 Å². The number of rotatable bonds is 12. The second kappa shape index (κ2) is 20.5. The molecule has 0 radical (unpaired) electrons. The Kier molecular flexibility index (Phi) is 14.5. The number of aliphatic imine (C=N–C) groups is 1.